The zero-order chi connectivity index (χ0) is 26.4. The summed E-state index contributed by atoms with van der Waals surface area (Å²) in [5.41, 5.74) is 3.91. The quantitative estimate of drug-likeness (QED) is 0.433. The van der Waals surface area contributed by atoms with Gasteiger partial charge in [-0.05, 0) is 64.3 Å². The van der Waals surface area contributed by atoms with Crippen LogP contribution in [0.5, 0.6) is 5.75 Å². The lowest BCUT2D eigenvalue weighted by Gasteiger charge is -2.31. The van der Waals surface area contributed by atoms with Crippen molar-refractivity contribution in [1.82, 2.24) is 14.5 Å². The molecule has 200 valence electrons. The first-order valence-corrected chi connectivity index (χ1v) is 14.4. The summed E-state index contributed by atoms with van der Waals surface area (Å²) in [5.74, 6) is 0.105. The highest BCUT2D eigenvalue weighted by Crippen LogP contribution is 2.45. The lowest BCUT2D eigenvalue weighted by molar-refractivity contribution is 0.0524. The molecule has 3 heterocycles. The van der Waals surface area contributed by atoms with Crippen LogP contribution in [0.2, 0.25) is 0 Å². The van der Waals surface area contributed by atoms with Gasteiger partial charge < -0.3 is 18.9 Å². The fraction of sp³-hybridized carbons (Fsp3) is 0.483. The lowest BCUT2D eigenvalue weighted by atomic mass is 9.96. The number of benzene rings is 1. The van der Waals surface area contributed by atoms with Crippen molar-refractivity contribution in [3.8, 4) is 16.2 Å². The van der Waals surface area contributed by atoms with Gasteiger partial charge >= 0.3 is 5.97 Å². The summed E-state index contributed by atoms with van der Waals surface area (Å²) in [6.45, 7) is 5.95. The number of methoxy groups -OCH3 is 1. The fourth-order valence-corrected chi connectivity index (χ4v) is 6.77. The molecule has 0 spiro atoms. The normalized spacial score (nSPS) is 19.1. The molecular formula is C29H34N4O4S. The summed E-state index contributed by atoms with van der Waals surface area (Å²) in [7, 11) is 3.82. The van der Waals surface area contributed by atoms with E-state index in [0.29, 0.717) is 11.1 Å². The molecule has 0 atom stereocenters. The van der Waals surface area contributed by atoms with E-state index >= 15 is 0 Å². The summed E-state index contributed by atoms with van der Waals surface area (Å²) >= 11 is 1.79. The number of aromatic nitrogens is 1. The van der Waals surface area contributed by atoms with Gasteiger partial charge in [-0.15, -0.1) is 11.3 Å². The highest BCUT2D eigenvalue weighted by atomic mass is 32.1. The van der Waals surface area contributed by atoms with Crippen LogP contribution in [-0.4, -0.2) is 73.1 Å². The summed E-state index contributed by atoms with van der Waals surface area (Å²) in [6.07, 6.45) is 6.83. The van der Waals surface area contributed by atoms with Gasteiger partial charge in [0.25, 0.3) is 0 Å². The third-order valence-electron chi connectivity index (χ3n) is 7.73. The molecule has 3 aliphatic rings. The van der Waals surface area contributed by atoms with Crippen LogP contribution in [0.15, 0.2) is 34.3 Å². The molecule has 1 saturated heterocycles. The zero-order valence-electron chi connectivity index (χ0n) is 22.3. The molecule has 1 saturated carbocycles. The number of thiophene rings is 1. The first-order valence-electron chi connectivity index (χ1n) is 13.6. The van der Waals surface area contributed by atoms with Crippen molar-refractivity contribution in [2.45, 2.75) is 45.1 Å². The second-order valence-electron chi connectivity index (χ2n) is 10.4. The van der Waals surface area contributed by atoms with Crippen LogP contribution in [-0.2, 0) is 11.2 Å². The van der Waals surface area contributed by atoms with Gasteiger partial charge in [0.1, 0.15) is 5.56 Å². The van der Waals surface area contributed by atoms with Gasteiger partial charge in [-0.1, -0.05) is 0 Å². The van der Waals surface area contributed by atoms with E-state index in [-0.39, 0.29) is 23.6 Å². The Labute approximate surface area is 226 Å². The molecule has 1 aromatic carbocycles. The first-order chi connectivity index (χ1) is 18.5. The molecule has 0 unspecified atom stereocenters. The summed E-state index contributed by atoms with van der Waals surface area (Å²) in [4.78, 5) is 30.8. The number of esters is 1. The van der Waals surface area contributed by atoms with Crippen molar-refractivity contribution >= 4 is 33.9 Å². The van der Waals surface area contributed by atoms with E-state index in [4.69, 9.17) is 14.6 Å². The molecule has 0 radical (unpaired) electrons. The first kappa shape index (κ1) is 25.1. The van der Waals surface area contributed by atoms with Gasteiger partial charge in [-0.3, -0.25) is 9.80 Å². The molecule has 9 heteroatoms. The molecule has 0 N–H and O–H groups in total. The average molecular weight is 535 g/mol. The Balaban J connectivity index is 1.45. The van der Waals surface area contributed by atoms with Crippen LogP contribution in [0.4, 0.5) is 0 Å². The van der Waals surface area contributed by atoms with Crippen LogP contribution in [0.25, 0.3) is 21.3 Å². The van der Waals surface area contributed by atoms with E-state index in [0.717, 1.165) is 74.2 Å². The van der Waals surface area contributed by atoms with Crippen molar-refractivity contribution in [2.75, 3.05) is 46.9 Å². The molecule has 38 heavy (non-hydrogen) atoms. The van der Waals surface area contributed by atoms with Gasteiger partial charge in [-0.2, -0.15) is 5.10 Å². The predicted molar refractivity (Wildman–Crippen MR) is 151 cm³/mol. The number of hydrogen-bond donors (Lipinski definition) is 0. The number of hydrogen-bond acceptors (Lipinski definition) is 8. The van der Waals surface area contributed by atoms with E-state index in [9.17, 15) is 9.59 Å². The van der Waals surface area contributed by atoms with Crippen molar-refractivity contribution in [3.63, 3.8) is 0 Å². The predicted octanol–water partition coefficient (Wildman–Crippen LogP) is 4.54. The lowest BCUT2D eigenvalue weighted by Crippen LogP contribution is -2.42. The smallest absolute Gasteiger partial charge is 0.343 e. The second kappa shape index (κ2) is 10.2. The van der Waals surface area contributed by atoms with Crippen molar-refractivity contribution in [1.29, 1.82) is 0 Å². The van der Waals surface area contributed by atoms with Gasteiger partial charge in [0.15, 0.2) is 5.75 Å². The number of carbonyl (C=O) groups excluding carboxylic acids is 1. The van der Waals surface area contributed by atoms with Crippen LogP contribution in [0.1, 0.15) is 59.4 Å². The molecule has 6 rings (SSSR count). The molecule has 3 aromatic rings. The number of pyridine rings is 1. The monoisotopic (exact) mass is 534 g/mol. The Bertz CT molecular complexity index is 1480. The minimum Gasteiger partial charge on any atom is -0.494 e. The Morgan fingerprint density at radius 2 is 1.92 bits per heavy atom. The van der Waals surface area contributed by atoms with Gasteiger partial charge in [0.05, 0.1) is 30.3 Å². The number of hydrazone groups is 1. The Morgan fingerprint density at radius 3 is 2.63 bits per heavy atom. The Kier molecular flexibility index (Phi) is 6.74. The maximum atomic E-state index is 13.4. The van der Waals surface area contributed by atoms with Gasteiger partial charge in [0.2, 0.25) is 5.43 Å². The maximum Gasteiger partial charge on any atom is 0.343 e. The van der Waals surface area contributed by atoms with Gasteiger partial charge in [0, 0.05) is 59.3 Å². The van der Waals surface area contributed by atoms with Crippen LogP contribution in [0, 0.1) is 0 Å². The zero-order valence-corrected chi connectivity index (χ0v) is 23.1. The van der Waals surface area contributed by atoms with Crippen LogP contribution in [0.3, 0.4) is 0 Å². The summed E-state index contributed by atoms with van der Waals surface area (Å²) in [6, 6.07) is 6.30. The van der Waals surface area contributed by atoms with E-state index in [1.165, 1.54) is 16.2 Å². The van der Waals surface area contributed by atoms with Crippen molar-refractivity contribution < 1.29 is 14.3 Å². The molecular weight excluding hydrogens is 500 g/mol. The van der Waals surface area contributed by atoms with Crippen molar-refractivity contribution in [3.05, 3.63) is 50.6 Å². The Morgan fingerprint density at radius 1 is 1.13 bits per heavy atom. The topological polar surface area (TPSA) is 76.4 Å². The molecule has 2 aliphatic carbocycles. The minimum absolute atomic E-state index is 0.0809. The number of nitrogens with zero attached hydrogens (tertiary/aromatic N) is 4. The number of piperazine rings is 1. The number of rotatable bonds is 6. The molecule has 0 bridgehead atoms. The number of aryl methyl sites for hydroxylation is 1. The largest absolute Gasteiger partial charge is 0.494 e. The molecule has 0 amide bonds. The molecule has 2 fully saturated rings. The number of fused-ring (bicyclic) bond motifs is 2. The highest BCUT2D eigenvalue weighted by Gasteiger charge is 2.30. The third-order valence-corrected chi connectivity index (χ3v) is 8.96. The minimum atomic E-state index is -0.574. The standard InChI is InChI=1S/C29H34N4O4S/c1-4-37-29(35)22-17-33(18-8-9-18)26-20(27(22)34)11-10-19(28(26)36-3)25-16-21-23(6-5-7-24(21)38-25)30-32-14-12-31(2)13-15-32/h10-11,16-18H,4-9,12-15H2,1-3H3/b30-23-. The van der Waals surface area contributed by atoms with Crippen LogP contribution >= 0.6 is 11.3 Å². The highest BCUT2D eigenvalue weighted by molar-refractivity contribution is 7.16. The third kappa shape index (κ3) is 4.52. The summed E-state index contributed by atoms with van der Waals surface area (Å²) in [5, 5.41) is 7.78. The molecule has 2 aromatic heterocycles. The van der Waals surface area contributed by atoms with E-state index < -0.39 is 5.97 Å². The average Bonchev–Trinajstić information content (AvgIpc) is 3.67. The number of carbonyl (C=O) groups is 1. The van der Waals surface area contributed by atoms with Crippen molar-refractivity contribution in [2.24, 2.45) is 5.10 Å². The fourth-order valence-electron chi connectivity index (χ4n) is 5.53. The SMILES string of the molecule is CCOC(=O)c1cn(C2CC2)c2c(OC)c(-c3cc4c(s3)CCC/C4=N/N3CCN(C)CC3)ccc2c1=O. The van der Waals surface area contributed by atoms with E-state index in [1.807, 2.05) is 12.1 Å². The molecule has 1 aliphatic heterocycles. The summed E-state index contributed by atoms with van der Waals surface area (Å²) < 4.78 is 13.2. The number of likely N-dealkylation sites (N-methyl/N-ethyl adjacent to an activating group) is 1. The van der Waals surface area contributed by atoms with E-state index in [2.05, 4.69) is 27.6 Å². The van der Waals surface area contributed by atoms with Crippen LogP contribution < -0.4 is 10.2 Å². The van der Waals surface area contributed by atoms with Gasteiger partial charge in [-0.25, -0.2) is 4.79 Å². The second-order valence-corrected chi connectivity index (χ2v) is 11.5. The maximum absolute atomic E-state index is 13.4. The molecule has 8 nitrogen and oxygen atoms in total. The van der Waals surface area contributed by atoms with E-state index in [1.54, 1.807) is 31.6 Å². The Hall–Kier alpha value is -3.17. The number of ether oxygens (including phenoxy) is 2.